The molecule has 0 unspecified atom stereocenters. The first kappa shape index (κ1) is 51.4. The molecule has 15 heteroatoms. The molecule has 4 aromatic rings. The molecule has 0 saturated heterocycles. The average Bonchev–Trinajstić information content (AvgIpc) is 3.31. The second-order valence-electron chi connectivity index (χ2n) is 17.0. The van der Waals surface area contributed by atoms with Crippen molar-refractivity contribution in [2.24, 2.45) is 29.0 Å². The molecule has 67 heavy (non-hydrogen) atoms. The van der Waals surface area contributed by atoms with Crippen LogP contribution in [0.5, 0.6) is 11.5 Å². The molecule has 4 atom stereocenters. The summed E-state index contributed by atoms with van der Waals surface area (Å²) in [5.74, 6) is -2.70. The minimum absolute atomic E-state index is 0.0321. The Morgan fingerprint density at radius 3 is 2.16 bits per heavy atom. The number of hydrogen-bond donors (Lipinski definition) is 4. The largest absolute Gasteiger partial charge is 0.492 e. The lowest BCUT2D eigenvalue weighted by Gasteiger charge is -2.32. The Morgan fingerprint density at radius 1 is 0.910 bits per heavy atom. The third-order valence-corrected chi connectivity index (χ3v) is 11.8. The zero-order chi connectivity index (χ0) is 48.6. The van der Waals surface area contributed by atoms with Crippen LogP contribution in [0.4, 0.5) is 0 Å². The number of nitrogens with two attached hydrogens (primary N) is 3. The summed E-state index contributed by atoms with van der Waals surface area (Å²) in [7, 11) is 1.50. The fraction of sp³-hybridized carbons (Fsp3) is 0.423. The number of carbonyl (C=O) groups excluding carboxylic acids is 5. The van der Waals surface area contributed by atoms with Gasteiger partial charge < -0.3 is 36.9 Å². The highest BCUT2D eigenvalue weighted by molar-refractivity contribution is 6.01. The zero-order valence-corrected chi connectivity index (χ0v) is 39.3. The predicted octanol–water partition coefficient (Wildman–Crippen LogP) is 6.16. The molecular weight excluding hydrogens is 849 g/mol. The van der Waals surface area contributed by atoms with Gasteiger partial charge in [-0.1, -0.05) is 68.8 Å². The Labute approximate surface area is 393 Å². The molecule has 2 amide bonds. The summed E-state index contributed by atoms with van der Waals surface area (Å²) in [4.78, 5) is 81.9. The number of nitriles is 1. The maximum Gasteiger partial charge on any atom is 0.226 e. The number of benzene rings is 3. The quantitative estimate of drug-likeness (QED) is 0.0727. The first-order valence-electron chi connectivity index (χ1n) is 23.0. The van der Waals surface area contributed by atoms with E-state index < -0.39 is 41.5 Å². The lowest BCUT2D eigenvalue weighted by molar-refractivity contribution is -0.142. The number of ketones is 3. The smallest absolute Gasteiger partial charge is 0.226 e. The number of hydrogen-bond acceptors (Lipinski definition) is 13. The first-order valence-corrected chi connectivity index (χ1v) is 23.0. The van der Waals surface area contributed by atoms with Gasteiger partial charge in [0.15, 0.2) is 23.2 Å². The summed E-state index contributed by atoms with van der Waals surface area (Å²) >= 11 is 0. The normalized spacial score (nSPS) is 16.7. The molecule has 354 valence electrons. The number of fused-ring (bicyclic) bond motifs is 5. The van der Waals surface area contributed by atoms with Crippen molar-refractivity contribution in [1.82, 2.24) is 20.2 Å². The second kappa shape index (κ2) is 24.8. The van der Waals surface area contributed by atoms with Gasteiger partial charge in [0.25, 0.3) is 0 Å². The molecule has 1 aromatic heterocycles. The molecule has 15 nitrogen and oxygen atoms in total. The van der Waals surface area contributed by atoms with Crippen LogP contribution in [0.3, 0.4) is 0 Å². The number of nitrogens with zero attached hydrogens (tertiary/aromatic N) is 4. The van der Waals surface area contributed by atoms with Gasteiger partial charge in [-0.05, 0) is 80.6 Å². The molecule has 0 spiro atoms. The lowest BCUT2D eigenvalue weighted by atomic mass is 9.88. The van der Waals surface area contributed by atoms with Crippen LogP contribution in [-0.4, -0.2) is 90.0 Å². The van der Waals surface area contributed by atoms with Crippen molar-refractivity contribution < 1.29 is 33.4 Å². The highest BCUT2D eigenvalue weighted by Crippen LogP contribution is 2.41. The fourth-order valence-corrected chi connectivity index (χ4v) is 8.35. The van der Waals surface area contributed by atoms with Crippen LogP contribution in [0.25, 0.3) is 28.6 Å². The van der Waals surface area contributed by atoms with E-state index in [9.17, 15) is 29.2 Å². The molecule has 2 heterocycles. The lowest BCUT2D eigenvalue weighted by Crippen LogP contribution is -2.46. The van der Waals surface area contributed by atoms with E-state index in [1.165, 1.54) is 11.9 Å². The number of likely N-dealkylation sites (N-methyl/N-ethyl adjacent to an activating group) is 1. The van der Waals surface area contributed by atoms with Gasteiger partial charge in [0, 0.05) is 74.3 Å². The van der Waals surface area contributed by atoms with Crippen molar-refractivity contribution in [2.75, 3.05) is 39.9 Å². The van der Waals surface area contributed by atoms with Gasteiger partial charge in [-0.2, -0.15) is 5.26 Å². The average molecular weight is 913 g/mol. The fourth-order valence-electron chi connectivity index (χ4n) is 8.35. The highest BCUT2D eigenvalue weighted by Gasteiger charge is 2.36. The van der Waals surface area contributed by atoms with E-state index in [2.05, 4.69) is 24.4 Å². The first-order chi connectivity index (χ1) is 32.2. The maximum atomic E-state index is 14.8. The number of rotatable bonds is 20. The topological polar surface area (TPSA) is 247 Å². The number of unbranched alkanes of at least 4 members (excludes halogenated alkanes) is 1. The van der Waals surface area contributed by atoms with Crippen molar-refractivity contribution in [3.63, 3.8) is 0 Å². The van der Waals surface area contributed by atoms with Crippen molar-refractivity contribution >= 4 is 35.2 Å². The Hall–Kier alpha value is -6.60. The summed E-state index contributed by atoms with van der Waals surface area (Å²) < 4.78 is 12.3. The SMILES string of the molecule is CCC/C=C/c1ccc(-c2nc(C)c(C(=O)C[C@@H](CCN)C(=O)N(C)[C@@H]3C(=O)C[C@@H](C)C(=O)N[C@H](C(=O)CCC#N)Cc4ccc(OCCN)c(c4)-c4cc3ccc4OCCN)c(C)n2)cc1. The van der Waals surface area contributed by atoms with Crippen molar-refractivity contribution in [3.8, 4) is 40.1 Å². The predicted molar refractivity (Wildman–Crippen MR) is 258 cm³/mol. The van der Waals surface area contributed by atoms with E-state index in [1.54, 1.807) is 51.1 Å². The third kappa shape index (κ3) is 13.3. The van der Waals surface area contributed by atoms with Gasteiger partial charge in [-0.25, -0.2) is 9.97 Å². The molecule has 3 aromatic carbocycles. The second-order valence-corrected chi connectivity index (χ2v) is 17.0. The molecule has 0 radical (unpaired) electrons. The van der Waals surface area contributed by atoms with Gasteiger partial charge in [0.1, 0.15) is 30.8 Å². The molecule has 7 N–H and O–H groups in total. The van der Waals surface area contributed by atoms with Crippen molar-refractivity contribution in [3.05, 3.63) is 100 Å². The Morgan fingerprint density at radius 2 is 1.55 bits per heavy atom. The van der Waals surface area contributed by atoms with Crippen LogP contribution in [0, 0.1) is 37.0 Å². The number of amides is 2. The molecule has 1 aliphatic heterocycles. The Balaban J connectivity index is 1.55. The van der Waals surface area contributed by atoms with E-state index >= 15 is 0 Å². The van der Waals surface area contributed by atoms with E-state index in [-0.39, 0.29) is 82.9 Å². The summed E-state index contributed by atoms with van der Waals surface area (Å²) in [5.41, 5.74) is 23.1. The Bertz CT molecular complexity index is 2460. The standard InChI is InChI=1S/C52H64N8O7/c1-6-7-8-10-35-12-15-37(16-13-35)50-57-33(3)48(34(4)58-50)44(62)31-39(20-22-54)52(65)60(5)49-38-17-19-47(67-26-24-56)41(30-38)40-28-36(14-18-46(40)66-25-23-55)29-42(43(61)11-9-21-53)59-51(64)32(2)27-45(49)63/h8,10,12-19,28,30,32,39,42,49H,6-7,9,11,20,22-27,29,31,54-56H2,1-5H3,(H,59,64)/b10-8+/t32-,39-,42+,49+/m1/s1. The molecule has 0 fully saturated rings. The number of ether oxygens (including phenoxy) is 2. The number of nitrogens with one attached hydrogen (secondary N) is 1. The maximum absolute atomic E-state index is 14.8. The molecule has 1 aliphatic rings. The molecule has 0 saturated carbocycles. The van der Waals surface area contributed by atoms with Crippen molar-refractivity contribution in [1.29, 1.82) is 5.26 Å². The van der Waals surface area contributed by atoms with Gasteiger partial charge in [-0.15, -0.1) is 0 Å². The van der Waals surface area contributed by atoms with E-state index in [0.29, 0.717) is 56.5 Å². The minimum atomic E-state index is -1.24. The summed E-state index contributed by atoms with van der Waals surface area (Å²) in [6.45, 7) is 8.05. The number of aryl methyl sites for hydroxylation is 2. The summed E-state index contributed by atoms with van der Waals surface area (Å²) in [5, 5.41) is 12.1. The van der Waals surface area contributed by atoms with Gasteiger partial charge in [0.05, 0.1) is 29.1 Å². The monoisotopic (exact) mass is 912 g/mol. The molecular formula is C52H64N8O7. The molecule has 0 aliphatic carbocycles. The highest BCUT2D eigenvalue weighted by atomic mass is 16.5. The van der Waals surface area contributed by atoms with Crippen LogP contribution >= 0.6 is 0 Å². The molecule has 5 rings (SSSR count). The Kier molecular flexibility index (Phi) is 19.0. The van der Waals surface area contributed by atoms with Gasteiger partial charge in [-0.3, -0.25) is 24.0 Å². The van der Waals surface area contributed by atoms with Gasteiger partial charge in [0.2, 0.25) is 11.8 Å². The third-order valence-electron chi connectivity index (χ3n) is 11.8. The van der Waals surface area contributed by atoms with Crippen LogP contribution in [0.15, 0.2) is 66.7 Å². The number of carbonyl (C=O) groups is 5. The number of Topliss-reactive ketones (excluding diaryl/α,β-unsaturated/α-hetero) is 3. The van der Waals surface area contributed by atoms with Crippen molar-refractivity contribution in [2.45, 2.75) is 91.1 Å². The van der Waals surface area contributed by atoms with E-state index in [1.807, 2.05) is 36.4 Å². The molecule has 4 bridgehead atoms. The van der Waals surface area contributed by atoms with Crippen LogP contribution in [0.1, 0.15) is 103 Å². The summed E-state index contributed by atoms with van der Waals surface area (Å²) in [6, 6.07) is 18.1. The minimum Gasteiger partial charge on any atom is -0.492 e. The number of allylic oxidation sites excluding steroid dienone is 1. The van der Waals surface area contributed by atoms with Crippen LogP contribution in [-0.2, 0) is 25.6 Å². The van der Waals surface area contributed by atoms with Gasteiger partial charge >= 0.3 is 0 Å². The van der Waals surface area contributed by atoms with E-state index in [4.69, 9.17) is 36.6 Å². The van der Waals surface area contributed by atoms with Crippen LogP contribution in [0.2, 0.25) is 0 Å². The van der Waals surface area contributed by atoms with Crippen LogP contribution < -0.4 is 32.0 Å². The zero-order valence-electron chi connectivity index (χ0n) is 39.3. The van der Waals surface area contributed by atoms with E-state index in [0.717, 1.165) is 24.0 Å². The number of aromatic nitrogens is 2. The summed E-state index contributed by atoms with van der Waals surface area (Å²) in [6.07, 6.45) is 5.86.